The number of furan rings is 2. The Bertz CT molecular complexity index is 3410. The van der Waals surface area contributed by atoms with Crippen molar-refractivity contribution in [2.75, 3.05) is 0 Å². The molecule has 7 heteroatoms. The summed E-state index contributed by atoms with van der Waals surface area (Å²) >= 11 is 0. The van der Waals surface area contributed by atoms with Crippen LogP contribution in [-0.4, -0.2) is 24.9 Å². The number of hydrogen-bond acceptors (Lipinski definition) is 7. The molecule has 0 N–H and O–H groups in total. The first kappa shape index (κ1) is 35.4. The number of nitrogens with zero attached hydrogens (tertiary/aromatic N) is 5. The number of hydrogen-bond donors (Lipinski definition) is 0. The number of benzene rings is 7. The maximum Gasteiger partial charge on any atom is 0.180 e. The Morgan fingerprint density at radius 3 is 1.26 bits per heavy atom. The summed E-state index contributed by atoms with van der Waals surface area (Å²) in [6.07, 6.45) is 0. The van der Waals surface area contributed by atoms with Crippen molar-refractivity contribution in [3.8, 4) is 78.9 Å². The van der Waals surface area contributed by atoms with E-state index in [0.717, 1.165) is 94.6 Å². The zero-order valence-corrected chi connectivity index (χ0v) is 33.1. The highest BCUT2D eigenvalue weighted by molar-refractivity contribution is 6.08. The SMILES string of the molecule is c1ccc(-c2nc(-c3cccc(-c4cccc(-c5cccc(-c6cccc(-c7nc(-c8ccccc8)c8oc9ccccc9c8n7)n6)c5)c4)c3)nc3c2oc2ccccc23)cc1. The largest absolute Gasteiger partial charge is 0.452 e. The lowest BCUT2D eigenvalue weighted by Gasteiger charge is -2.11. The van der Waals surface area contributed by atoms with Crippen LogP contribution in [0.15, 0.2) is 209 Å². The van der Waals surface area contributed by atoms with Gasteiger partial charge in [0, 0.05) is 33.0 Å². The minimum absolute atomic E-state index is 0.538. The van der Waals surface area contributed by atoms with Crippen LogP contribution in [0.25, 0.3) is 123 Å². The highest BCUT2D eigenvalue weighted by atomic mass is 16.3. The van der Waals surface area contributed by atoms with Gasteiger partial charge in [0.1, 0.15) is 39.3 Å². The lowest BCUT2D eigenvalue weighted by molar-refractivity contribution is 0.667. The molecule has 5 heterocycles. The molecule has 0 radical (unpaired) electrons. The average Bonchev–Trinajstić information content (AvgIpc) is 3.93. The number of pyridine rings is 1. The van der Waals surface area contributed by atoms with Gasteiger partial charge in [-0.2, -0.15) is 0 Å². The molecule has 0 amide bonds. The van der Waals surface area contributed by atoms with Crippen molar-refractivity contribution in [1.82, 2.24) is 24.9 Å². The number of rotatable bonds is 7. The molecule has 0 unspecified atom stereocenters. The van der Waals surface area contributed by atoms with E-state index in [4.69, 9.17) is 33.8 Å². The van der Waals surface area contributed by atoms with Gasteiger partial charge in [-0.25, -0.2) is 24.9 Å². The van der Waals surface area contributed by atoms with E-state index in [1.807, 2.05) is 109 Å². The van der Waals surface area contributed by atoms with Crippen LogP contribution in [0.3, 0.4) is 0 Å². The standard InChI is InChI=1S/C55H33N5O2/c1-3-15-34(16-4-1)48-52-50(42-25-7-9-29-46(42)61-52)59-54(57-48)41-24-13-22-39(33-41)37-20-11-19-36(31-37)38-21-12-23-40(32-38)44-27-14-28-45(56-44)55-58-49(35-17-5-2-6-18-35)53-51(60-55)43-26-8-10-30-47(43)62-53/h1-33H. The quantitative estimate of drug-likeness (QED) is 0.159. The fourth-order valence-corrected chi connectivity index (χ4v) is 8.30. The van der Waals surface area contributed by atoms with Gasteiger partial charge >= 0.3 is 0 Å². The summed E-state index contributed by atoms with van der Waals surface area (Å²) in [5.74, 6) is 1.18. The summed E-state index contributed by atoms with van der Waals surface area (Å²) < 4.78 is 12.7. The molecule has 0 atom stereocenters. The van der Waals surface area contributed by atoms with Gasteiger partial charge in [0.15, 0.2) is 22.8 Å². The third kappa shape index (κ3) is 6.19. The Morgan fingerprint density at radius 1 is 0.274 bits per heavy atom. The van der Waals surface area contributed by atoms with Crippen molar-refractivity contribution >= 4 is 44.1 Å². The zero-order chi connectivity index (χ0) is 41.0. The second-order valence-corrected chi connectivity index (χ2v) is 15.2. The smallest absolute Gasteiger partial charge is 0.180 e. The van der Waals surface area contributed by atoms with Crippen LogP contribution in [0.5, 0.6) is 0 Å². The fraction of sp³-hybridized carbons (Fsp3) is 0. The molecule has 0 spiro atoms. The molecular weight excluding hydrogens is 763 g/mol. The van der Waals surface area contributed by atoms with E-state index in [2.05, 4.69) is 91.0 Å². The number of fused-ring (bicyclic) bond motifs is 6. The molecule has 0 saturated heterocycles. The van der Waals surface area contributed by atoms with Gasteiger partial charge in [0.05, 0.1) is 5.69 Å². The van der Waals surface area contributed by atoms with Crippen LogP contribution < -0.4 is 0 Å². The zero-order valence-electron chi connectivity index (χ0n) is 33.1. The van der Waals surface area contributed by atoms with Gasteiger partial charge in [0.25, 0.3) is 0 Å². The first-order chi connectivity index (χ1) is 30.7. The molecule has 0 aliphatic carbocycles. The maximum absolute atomic E-state index is 6.35. The Hall–Kier alpha value is -8.55. The summed E-state index contributed by atoms with van der Waals surface area (Å²) in [6, 6.07) is 67.8. The lowest BCUT2D eigenvalue weighted by atomic mass is 9.96. The Morgan fingerprint density at radius 2 is 0.677 bits per heavy atom. The van der Waals surface area contributed by atoms with Crippen LogP contribution in [0.4, 0.5) is 0 Å². The second kappa shape index (κ2) is 14.6. The van der Waals surface area contributed by atoms with Crippen molar-refractivity contribution in [2.45, 2.75) is 0 Å². The predicted octanol–water partition coefficient (Wildman–Crippen LogP) is 14.1. The van der Waals surface area contributed by atoms with Crippen LogP contribution in [-0.2, 0) is 0 Å². The third-order valence-electron chi connectivity index (χ3n) is 11.3. The minimum Gasteiger partial charge on any atom is -0.452 e. The first-order valence-electron chi connectivity index (χ1n) is 20.5. The minimum atomic E-state index is 0.538. The second-order valence-electron chi connectivity index (χ2n) is 15.2. The first-order valence-corrected chi connectivity index (χ1v) is 20.5. The number of aromatic nitrogens is 5. The molecule has 7 nitrogen and oxygen atoms in total. The van der Waals surface area contributed by atoms with E-state index in [-0.39, 0.29) is 0 Å². The molecule has 0 saturated carbocycles. The van der Waals surface area contributed by atoms with Crippen molar-refractivity contribution in [1.29, 1.82) is 0 Å². The molecule has 0 bridgehead atoms. The van der Waals surface area contributed by atoms with E-state index in [1.54, 1.807) is 0 Å². The summed E-state index contributed by atoms with van der Waals surface area (Å²) in [5.41, 5.74) is 15.6. The fourth-order valence-electron chi connectivity index (χ4n) is 8.30. The van der Waals surface area contributed by atoms with Gasteiger partial charge in [-0.1, -0.05) is 146 Å². The van der Waals surface area contributed by atoms with E-state index in [1.165, 1.54) is 0 Å². The van der Waals surface area contributed by atoms with Crippen molar-refractivity contribution in [3.63, 3.8) is 0 Å². The Labute approximate surface area is 355 Å². The van der Waals surface area contributed by atoms with Crippen LogP contribution >= 0.6 is 0 Å². The normalized spacial score (nSPS) is 11.5. The summed E-state index contributed by atoms with van der Waals surface area (Å²) in [7, 11) is 0. The van der Waals surface area contributed by atoms with Crippen molar-refractivity contribution < 1.29 is 8.83 Å². The lowest BCUT2D eigenvalue weighted by Crippen LogP contribution is -1.96. The maximum atomic E-state index is 6.35. The van der Waals surface area contributed by atoms with Gasteiger partial charge in [-0.05, 0) is 76.9 Å². The van der Waals surface area contributed by atoms with E-state index >= 15 is 0 Å². The molecule has 0 fully saturated rings. The Balaban J connectivity index is 0.896. The highest BCUT2D eigenvalue weighted by Gasteiger charge is 2.20. The van der Waals surface area contributed by atoms with E-state index in [9.17, 15) is 0 Å². The van der Waals surface area contributed by atoms with Crippen LogP contribution in [0, 0.1) is 0 Å². The summed E-state index contributed by atoms with van der Waals surface area (Å²) in [4.78, 5) is 25.5. The van der Waals surface area contributed by atoms with E-state index in [0.29, 0.717) is 28.5 Å². The molecule has 0 aliphatic heterocycles. The molecule has 290 valence electrons. The molecular formula is C55H33N5O2. The van der Waals surface area contributed by atoms with Crippen LogP contribution in [0.1, 0.15) is 0 Å². The van der Waals surface area contributed by atoms with E-state index < -0.39 is 0 Å². The molecule has 62 heavy (non-hydrogen) atoms. The van der Waals surface area contributed by atoms with Crippen molar-refractivity contribution in [3.05, 3.63) is 200 Å². The van der Waals surface area contributed by atoms with Crippen LogP contribution in [0.2, 0.25) is 0 Å². The topological polar surface area (TPSA) is 90.7 Å². The van der Waals surface area contributed by atoms with Gasteiger partial charge in [-0.15, -0.1) is 0 Å². The highest BCUT2D eigenvalue weighted by Crippen LogP contribution is 2.38. The molecule has 12 aromatic rings. The summed E-state index contributed by atoms with van der Waals surface area (Å²) in [6.45, 7) is 0. The molecule has 7 aromatic carbocycles. The summed E-state index contributed by atoms with van der Waals surface area (Å²) in [5, 5.41) is 1.91. The van der Waals surface area contributed by atoms with Gasteiger partial charge < -0.3 is 8.83 Å². The predicted molar refractivity (Wildman–Crippen MR) is 248 cm³/mol. The molecule has 5 aromatic heterocycles. The molecule has 0 aliphatic rings. The van der Waals surface area contributed by atoms with Gasteiger partial charge in [-0.3, -0.25) is 0 Å². The Kier molecular flexibility index (Phi) is 8.35. The third-order valence-corrected chi connectivity index (χ3v) is 11.3. The van der Waals surface area contributed by atoms with Gasteiger partial charge in [0.2, 0.25) is 0 Å². The average molecular weight is 796 g/mol. The number of para-hydroxylation sites is 2. The van der Waals surface area contributed by atoms with Crippen molar-refractivity contribution in [2.24, 2.45) is 0 Å². The monoisotopic (exact) mass is 795 g/mol. The molecule has 12 rings (SSSR count).